The minimum Gasteiger partial charge on any atom is -0.504 e. The lowest BCUT2D eigenvalue weighted by atomic mass is 10.0. The van der Waals surface area contributed by atoms with Gasteiger partial charge in [0.05, 0.1) is 7.11 Å². The van der Waals surface area contributed by atoms with Gasteiger partial charge in [-0.05, 0) is 49.5 Å². The highest BCUT2D eigenvalue weighted by atomic mass is 16.5. The molecule has 118 valence electrons. The summed E-state index contributed by atoms with van der Waals surface area (Å²) in [5, 5.41) is 13.2. The van der Waals surface area contributed by atoms with Crippen molar-refractivity contribution in [2.24, 2.45) is 5.92 Å². The molecule has 0 bridgehead atoms. The highest BCUT2D eigenvalue weighted by molar-refractivity contribution is 5.41. The second kappa shape index (κ2) is 7.66. The van der Waals surface area contributed by atoms with Crippen LogP contribution in [0.4, 0.5) is 0 Å². The highest BCUT2D eigenvalue weighted by Gasteiger charge is 2.23. The van der Waals surface area contributed by atoms with Crippen LogP contribution in [0.15, 0.2) is 18.2 Å². The molecule has 1 atom stereocenters. The summed E-state index contributed by atoms with van der Waals surface area (Å²) in [5.41, 5.74) is 1.13. The number of hydrogen-bond donors (Lipinski definition) is 2. The summed E-state index contributed by atoms with van der Waals surface area (Å²) in [6, 6.07) is 6.12. The van der Waals surface area contributed by atoms with Crippen LogP contribution >= 0.6 is 0 Å². The second-order valence-electron chi connectivity index (χ2n) is 6.19. The quantitative estimate of drug-likeness (QED) is 0.811. The fourth-order valence-electron chi connectivity index (χ4n) is 3.06. The lowest BCUT2D eigenvalue weighted by Crippen LogP contribution is -2.44. The molecule has 0 radical (unpaired) electrons. The number of phenolic OH excluding ortho intramolecular Hbond substituents is 1. The Balaban J connectivity index is 1.87. The van der Waals surface area contributed by atoms with Crippen molar-refractivity contribution in [1.82, 2.24) is 10.2 Å². The van der Waals surface area contributed by atoms with E-state index in [0.717, 1.165) is 18.7 Å². The summed E-state index contributed by atoms with van der Waals surface area (Å²) < 4.78 is 5.15. The van der Waals surface area contributed by atoms with E-state index in [4.69, 9.17) is 4.74 Å². The fourth-order valence-corrected chi connectivity index (χ4v) is 3.06. The van der Waals surface area contributed by atoms with Gasteiger partial charge in [-0.25, -0.2) is 0 Å². The van der Waals surface area contributed by atoms with Gasteiger partial charge in [-0.1, -0.05) is 19.9 Å². The summed E-state index contributed by atoms with van der Waals surface area (Å²) in [5.74, 6) is 1.39. The van der Waals surface area contributed by atoms with Crippen molar-refractivity contribution < 1.29 is 9.84 Å². The number of aromatic hydroxyl groups is 1. The number of methoxy groups -OCH3 is 1. The first-order chi connectivity index (χ1) is 10.1. The molecule has 0 saturated carbocycles. The molecule has 4 nitrogen and oxygen atoms in total. The molecule has 2 rings (SSSR count). The monoisotopic (exact) mass is 292 g/mol. The molecule has 0 aliphatic carbocycles. The molecule has 1 aliphatic heterocycles. The van der Waals surface area contributed by atoms with E-state index in [-0.39, 0.29) is 5.75 Å². The summed E-state index contributed by atoms with van der Waals surface area (Å²) in [7, 11) is 1.58. The predicted octanol–water partition coefficient (Wildman–Crippen LogP) is 2.61. The van der Waals surface area contributed by atoms with Gasteiger partial charge < -0.3 is 15.2 Å². The number of ether oxygens (including phenoxy) is 1. The van der Waals surface area contributed by atoms with Crippen LogP contribution in [-0.4, -0.2) is 42.8 Å². The Hall–Kier alpha value is -1.26. The van der Waals surface area contributed by atoms with Crippen molar-refractivity contribution in [3.63, 3.8) is 0 Å². The van der Waals surface area contributed by atoms with Crippen LogP contribution < -0.4 is 10.1 Å². The minimum atomic E-state index is 0.193. The zero-order chi connectivity index (χ0) is 15.2. The van der Waals surface area contributed by atoms with E-state index in [9.17, 15) is 5.11 Å². The van der Waals surface area contributed by atoms with Gasteiger partial charge >= 0.3 is 0 Å². The standard InChI is InChI=1S/C17H28N2O2/c1-13(2)15(19-8-4-5-9-19)12-18-11-14-6-7-16(20)17(10-14)21-3/h6-7,10,13,15,18,20H,4-5,8-9,11-12H2,1-3H3. The molecule has 0 aromatic heterocycles. The van der Waals surface area contributed by atoms with E-state index in [1.165, 1.54) is 25.9 Å². The van der Waals surface area contributed by atoms with Crippen molar-refractivity contribution in [2.45, 2.75) is 39.3 Å². The van der Waals surface area contributed by atoms with E-state index in [1.807, 2.05) is 12.1 Å². The first-order valence-electron chi connectivity index (χ1n) is 7.92. The van der Waals surface area contributed by atoms with Crippen LogP contribution in [0.2, 0.25) is 0 Å². The Labute approximate surface area is 128 Å². The van der Waals surface area contributed by atoms with Crippen LogP contribution in [0.25, 0.3) is 0 Å². The third-order valence-electron chi connectivity index (χ3n) is 4.31. The lowest BCUT2D eigenvalue weighted by molar-refractivity contribution is 0.186. The molecular weight excluding hydrogens is 264 g/mol. The molecule has 1 aliphatic rings. The van der Waals surface area contributed by atoms with E-state index in [0.29, 0.717) is 17.7 Å². The molecule has 0 amide bonds. The first-order valence-corrected chi connectivity index (χ1v) is 7.92. The average Bonchev–Trinajstić information content (AvgIpc) is 2.98. The van der Waals surface area contributed by atoms with Gasteiger partial charge in [0.2, 0.25) is 0 Å². The van der Waals surface area contributed by atoms with Crippen LogP contribution in [0, 0.1) is 5.92 Å². The zero-order valence-corrected chi connectivity index (χ0v) is 13.4. The van der Waals surface area contributed by atoms with Gasteiger partial charge in [0.15, 0.2) is 11.5 Å². The third-order valence-corrected chi connectivity index (χ3v) is 4.31. The smallest absolute Gasteiger partial charge is 0.160 e. The second-order valence-corrected chi connectivity index (χ2v) is 6.19. The summed E-state index contributed by atoms with van der Waals surface area (Å²) >= 11 is 0. The number of benzene rings is 1. The van der Waals surface area contributed by atoms with E-state index in [1.54, 1.807) is 13.2 Å². The van der Waals surface area contributed by atoms with E-state index >= 15 is 0 Å². The number of likely N-dealkylation sites (tertiary alicyclic amines) is 1. The van der Waals surface area contributed by atoms with Crippen molar-refractivity contribution in [1.29, 1.82) is 0 Å². The average molecular weight is 292 g/mol. The van der Waals surface area contributed by atoms with Crippen LogP contribution in [-0.2, 0) is 6.54 Å². The summed E-state index contributed by atoms with van der Waals surface area (Å²) in [6.07, 6.45) is 2.66. The Kier molecular flexibility index (Phi) is 5.88. The first kappa shape index (κ1) is 16.1. The minimum absolute atomic E-state index is 0.193. The predicted molar refractivity (Wildman–Crippen MR) is 85.8 cm³/mol. The van der Waals surface area contributed by atoms with Gasteiger partial charge in [0.1, 0.15) is 0 Å². The van der Waals surface area contributed by atoms with Gasteiger partial charge in [0, 0.05) is 19.1 Å². The SMILES string of the molecule is COc1cc(CNCC(C(C)C)N2CCCC2)ccc1O. The van der Waals surface area contributed by atoms with Crippen LogP contribution in [0.1, 0.15) is 32.3 Å². The van der Waals surface area contributed by atoms with Gasteiger partial charge in [-0.15, -0.1) is 0 Å². The molecular formula is C17H28N2O2. The third kappa shape index (κ3) is 4.35. The van der Waals surface area contributed by atoms with Crippen molar-refractivity contribution in [3.05, 3.63) is 23.8 Å². The van der Waals surface area contributed by atoms with E-state index < -0.39 is 0 Å². The Morgan fingerprint density at radius 1 is 1.29 bits per heavy atom. The molecule has 1 unspecified atom stereocenters. The van der Waals surface area contributed by atoms with Gasteiger partial charge in [0.25, 0.3) is 0 Å². The van der Waals surface area contributed by atoms with E-state index in [2.05, 4.69) is 24.1 Å². The highest BCUT2D eigenvalue weighted by Crippen LogP contribution is 2.26. The van der Waals surface area contributed by atoms with Crippen LogP contribution in [0.3, 0.4) is 0 Å². The maximum Gasteiger partial charge on any atom is 0.160 e. The molecule has 1 fully saturated rings. The topological polar surface area (TPSA) is 44.7 Å². The van der Waals surface area contributed by atoms with Crippen molar-refractivity contribution >= 4 is 0 Å². The number of nitrogens with zero attached hydrogens (tertiary/aromatic N) is 1. The van der Waals surface area contributed by atoms with Crippen molar-refractivity contribution in [3.8, 4) is 11.5 Å². The maximum absolute atomic E-state index is 9.61. The Morgan fingerprint density at radius 3 is 2.62 bits per heavy atom. The normalized spacial score (nSPS) is 17.3. The molecule has 1 aromatic rings. The van der Waals surface area contributed by atoms with Crippen LogP contribution in [0.5, 0.6) is 11.5 Å². The number of rotatable bonds is 7. The van der Waals surface area contributed by atoms with Gasteiger partial charge in [-0.2, -0.15) is 0 Å². The summed E-state index contributed by atoms with van der Waals surface area (Å²) in [4.78, 5) is 2.61. The molecule has 0 spiro atoms. The van der Waals surface area contributed by atoms with Gasteiger partial charge in [-0.3, -0.25) is 4.90 Å². The number of hydrogen-bond acceptors (Lipinski definition) is 4. The maximum atomic E-state index is 9.61. The fraction of sp³-hybridized carbons (Fsp3) is 0.647. The molecule has 21 heavy (non-hydrogen) atoms. The largest absolute Gasteiger partial charge is 0.504 e. The Morgan fingerprint density at radius 2 is 2.00 bits per heavy atom. The molecule has 2 N–H and O–H groups in total. The van der Waals surface area contributed by atoms with Crippen molar-refractivity contribution in [2.75, 3.05) is 26.7 Å². The molecule has 1 aromatic carbocycles. The molecule has 4 heteroatoms. The Bertz CT molecular complexity index is 442. The molecule has 1 saturated heterocycles. The number of phenols is 1. The summed E-state index contributed by atoms with van der Waals surface area (Å²) in [6.45, 7) is 8.87. The molecule has 1 heterocycles. The zero-order valence-electron chi connectivity index (χ0n) is 13.4. The number of nitrogens with one attached hydrogen (secondary N) is 1. The lowest BCUT2D eigenvalue weighted by Gasteiger charge is -2.31.